The highest BCUT2D eigenvalue weighted by Crippen LogP contribution is 2.25. The summed E-state index contributed by atoms with van der Waals surface area (Å²) in [5.41, 5.74) is 2.73. The van der Waals surface area contributed by atoms with Crippen molar-refractivity contribution in [3.63, 3.8) is 0 Å². The van der Waals surface area contributed by atoms with Crippen molar-refractivity contribution in [1.29, 1.82) is 0 Å². The quantitative estimate of drug-likeness (QED) is 0.323. The van der Waals surface area contributed by atoms with Crippen LogP contribution in [0, 0.1) is 13.8 Å². The average Bonchev–Trinajstić information content (AvgIpc) is 2.40. The van der Waals surface area contributed by atoms with Gasteiger partial charge in [0.1, 0.15) is 5.75 Å². The summed E-state index contributed by atoms with van der Waals surface area (Å²) in [5.74, 6) is 0.437. The van der Waals surface area contributed by atoms with Gasteiger partial charge in [-0.15, -0.1) is 0 Å². The molecular formula is C18H24O3. The molecule has 21 heavy (non-hydrogen) atoms. The summed E-state index contributed by atoms with van der Waals surface area (Å²) in [5, 5.41) is 0. The Hall–Kier alpha value is -1.90. The lowest BCUT2D eigenvalue weighted by atomic mass is 10.0. The van der Waals surface area contributed by atoms with Crippen molar-refractivity contribution in [2.75, 3.05) is 0 Å². The van der Waals surface area contributed by atoms with E-state index >= 15 is 0 Å². The predicted molar refractivity (Wildman–Crippen MR) is 85.4 cm³/mol. The predicted octanol–water partition coefficient (Wildman–Crippen LogP) is 4.39. The number of hydrogen-bond acceptors (Lipinski definition) is 3. The van der Waals surface area contributed by atoms with Crippen LogP contribution in [0.25, 0.3) is 6.08 Å². The van der Waals surface area contributed by atoms with Gasteiger partial charge in [-0.1, -0.05) is 25.8 Å². The lowest BCUT2D eigenvalue weighted by Crippen LogP contribution is -2.04. The molecule has 0 aliphatic carbocycles. The monoisotopic (exact) mass is 288 g/mol. The second kappa shape index (κ2) is 8.40. The molecule has 1 aromatic rings. The highest BCUT2D eigenvalue weighted by Gasteiger charge is 2.08. The molecule has 114 valence electrons. The molecule has 0 aromatic heterocycles. The topological polar surface area (TPSA) is 43.4 Å². The van der Waals surface area contributed by atoms with E-state index in [1.54, 1.807) is 6.08 Å². The number of rotatable bonds is 7. The fourth-order valence-electron chi connectivity index (χ4n) is 2.21. The van der Waals surface area contributed by atoms with Crippen molar-refractivity contribution >= 4 is 17.8 Å². The van der Waals surface area contributed by atoms with Gasteiger partial charge in [0.15, 0.2) is 5.78 Å². The third-order valence-corrected chi connectivity index (χ3v) is 3.22. The molecule has 3 nitrogen and oxygen atoms in total. The van der Waals surface area contributed by atoms with Gasteiger partial charge in [0, 0.05) is 13.3 Å². The van der Waals surface area contributed by atoms with Gasteiger partial charge >= 0.3 is 5.97 Å². The minimum atomic E-state index is -0.324. The molecule has 0 atom stereocenters. The van der Waals surface area contributed by atoms with Crippen LogP contribution >= 0.6 is 0 Å². The molecule has 3 heteroatoms. The summed E-state index contributed by atoms with van der Waals surface area (Å²) in [4.78, 5) is 22.8. The molecule has 0 fully saturated rings. The Morgan fingerprint density at radius 3 is 2.29 bits per heavy atom. The third kappa shape index (κ3) is 5.94. The van der Waals surface area contributed by atoms with Gasteiger partial charge in [0.2, 0.25) is 0 Å². The van der Waals surface area contributed by atoms with Crippen LogP contribution in [0.3, 0.4) is 0 Å². The molecule has 0 saturated carbocycles. The van der Waals surface area contributed by atoms with E-state index < -0.39 is 0 Å². The van der Waals surface area contributed by atoms with Gasteiger partial charge in [0.25, 0.3) is 0 Å². The zero-order chi connectivity index (χ0) is 15.8. The second-order valence-electron chi connectivity index (χ2n) is 5.33. The zero-order valence-electron chi connectivity index (χ0n) is 13.4. The molecule has 0 aliphatic heterocycles. The van der Waals surface area contributed by atoms with E-state index in [0.717, 1.165) is 36.0 Å². The van der Waals surface area contributed by atoms with Crippen LogP contribution in [-0.4, -0.2) is 11.8 Å². The minimum absolute atomic E-state index is 0.155. The number of allylic oxidation sites excluding steroid dienone is 1. The van der Waals surface area contributed by atoms with E-state index in [4.69, 9.17) is 4.74 Å². The van der Waals surface area contributed by atoms with Gasteiger partial charge in [-0.25, -0.2) is 0 Å². The molecule has 0 amide bonds. The summed E-state index contributed by atoms with van der Waals surface area (Å²) in [7, 11) is 0. The largest absolute Gasteiger partial charge is 0.426 e. The average molecular weight is 288 g/mol. The smallest absolute Gasteiger partial charge is 0.308 e. The highest BCUT2D eigenvalue weighted by atomic mass is 16.5. The van der Waals surface area contributed by atoms with E-state index in [1.165, 1.54) is 6.92 Å². The van der Waals surface area contributed by atoms with Crippen molar-refractivity contribution in [2.24, 2.45) is 0 Å². The van der Waals surface area contributed by atoms with Crippen LogP contribution in [-0.2, 0) is 9.59 Å². The summed E-state index contributed by atoms with van der Waals surface area (Å²) in [6.07, 6.45) is 7.22. The summed E-state index contributed by atoms with van der Waals surface area (Å²) in [6, 6.07) is 3.84. The van der Waals surface area contributed by atoms with E-state index in [1.807, 2.05) is 32.1 Å². The van der Waals surface area contributed by atoms with Crippen LogP contribution in [0.5, 0.6) is 5.75 Å². The number of ketones is 1. The number of esters is 1. The lowest BCUT2D eigenvalue weighted by molar-refractivity contribution is -0.132. The van der Waals surface area contributed by atoms with Crippen LogP contribution in [0.15, 0.2) is 18.2 Å². The number of unbranched alkanes of at least 4 members (excludes halogenated alkanes) is 2. The first-order chi connectivity index (χ1) is 9.93. The maximum Gasteiger partial charge on any atom is 0.308 e. The number of benzene rings is 1. The first-order valence-electron chi connectivity index (χ1n) is 7.44. The van der Waals surface area contributed by atoms with Gasteiger partial charge in [-0.3, -0.25) is 9.59 Å². The molecule has 0 saturated heterocycles. The van der Waals surface area contributed by atoms with E-state index in [9.17, 15) is 9.59 Å². The van der Waals surface area contributed by atoms with E-state index in [0.29, 0.717) is 12.2 Å². The first-order valence-corrected chi connectivity index (χ1v) is 7.44. The fourth-order valence-corrected chi connectivity index (χ4v) is 2.21. The number of carbonyl (C=O) groups excluding carboxylic acids is 2. The number of hydrogen-bond donors (Lipinski definition) is 0. The van der Waals surface area contributed by atoms with Crippen molar-refractivity contribution in [3.8, 4) is 5.75 Å². The second-order valence-corrected chi connectivity index (χ2v) is 5.33. The Bertz CT molecular complexity index is 518. The molecule has 0 N–H and O–H groups in total. The zero-order valence-corrected chi connectivity index (χ0v) is 13.4. The number of ether oxygens (including phenoxy) is 1. The Labute approximate surface area is 127 Å². The van der Waals surface area contributed by atoms with Gasteiger partial charge < -0.3 is 4.74 Å². The van der Waals surface area contributed by atoms with Crippen molar-refractivity contribution in [3.05, 3.63) is 34.9 Å². The Balaban J connectivity index is 2.76. The van der Waals surface area contributed by atoms with Gasteiger partial charge in [-0.05, 0) is 55.2 Å². The Morgan fingerprint density at radius 2 is 1.76 bits per heavy atom. The Morgan fingerprint density at radius 1 is 1.14 bits per heavy atom. The fraction of sp³-hybridized carbons (Fsp3) is 0.444. The maximum absolute atomic E-state index is 11.7. The molecule has 1 rings (SSSR count). The maximum atomic E-state index is 11.7. The molecule has 0 heterocycles. The lowest BCUT2D eigenvalue weighted by Gasteiger charge is -2.10. The standard InChI is InChI=1S/C18H24O3/c1-5-6-7-8-17(20)10-9-16-11-13(2)18(14(3)12-16)21-15(4)19/h9-12H,5-8H2,1-4H3/b10-9+. The summed E-state index contributed by atoms with van der Waals surface area (Å²) < 4.78 is 5.19. The van der Waals surface area contributed by atoms with Crippen LogP contribution in [0.2, 0.25) is 0 Å². The first kappa shape index (κ1) is 17.2. The molecule has 1 aromatic carbocycles. The molecule has 0 spiro atoms. The third-order valence-electron chi connectivity index (χ3n) is 3.22. The molecule has 0 radical (unpaired) electrons. The molecule has 0 aliphatic rings. The van der Waals surface area contributed by atoms with Crippen molar-refractivity contribution in [1.82, 2.24) is 0 Å². The highest BCUT2D eigenvalue weighted by molar-refractivity contribution is 5.93. The van der Waals surface area contributed by atoms with Crippen molar-refractivity contribution < 1.29 is 14.3 Å². The Kier molecular flexibility index (Phi) is 6.86. The SMILES string of the molecule is CCCCCC(=O)/C=C/c1cc(C)c(OC(C)=O)c(C)c1. The summed E-state index contributed by atoms with van der Waals surface area (Å²) in [6.45, 7) is 7.30. The minimum Gasteiger partial charge on any atom is -0.426 e. The van der Waals surface area contributed by atoms with E-state index in [2.05, 4.69) is 6.92 Å². The summed E-state index contributed by atoms with van der Waals surface area (Å²) >= 11 is 0. The van der Waals surface area contributed by atoms with Crippen LogP contribution in [0.1, 0.15) is 56.2 Å². The van der Waals surface area contributed by atoms with Gasteiger partial charge in [0.05, 0.1) is 0 Å². The van der Waals surface area contributed by atoms with Crippen molar-refractivity contribution in [2.45, 2.75) is 53.4 Å². The normalized spacial score (nSPS) is 10.9. The molecular weight excluding hydrogens is 264 g/mol. The van der Waals surface area contributed by atoms with Crippen LogP contribution in [0.4, 0.5) is 0 Å². The number of carbonyl (C=O) groups is 2. The van der Waals surface area contributed by atoms with E-state index in [-0.39, 0.29) is 11.8 Å². The molecule has 0 bridgehead atoms. The number of aryl methyl sites for hydroxylation is 2. The van der Waals surface area contributed by atoms with Crippen LogP contribution < -0.4 is 4.74 Å². The van der Waals surface area contributed by atoms with Gasteiger partial charge in [-0.2, -0.15) is 0 Å². The molecule has 0 unspecified atom stereocenters.